The normalized spacial score (nSPS) is 18.4. The molecule has 20 heavy (non-hydrogen) atoms. The van der Waals surface area contributed by atoms with Gasteiger partial charge in [-0.3, -0.25) is 4.79 Å². The van der Waals surface area contributed by atoms with E-state index in [0.717, 1.165) is 0 Å². The second-order valence-electron chi connectivity index (χ2n) is 4.79. The highest BCUT2D eigenvalue weighted by atomic mass is 19.1. The standard InChI is InChI=1S/C14H16FN3O2/c1-8-11(13(19)18(2)3)12(17-14(20)16-8)9-6-4-5-7-10(9)15/h4-7,12H,1-3H3,(H2,16,17,20)/t12-/m0/s1. The molecule has 1 heterocycles. The topological polar surface area (TPSA) is 61.4 Å². The van der Waals surface area contributed by atoms with Crippen molar-refractivity contribution in [1.82, 2.24) is 15.5 Å². The van der Waals surface area contributed by atoms with Crippen molar-refractivity contribution >= 4 is 11.9 Å². The van der Waals surface area contributed by atoms with Gasteiger partial charge >= 0.3 is 6.03 Å². The molecule has 0 unspecified atom stereocenters. The summed E-state index contributed by atoms with van der Waals surface area (Å²) in [5.41, 5.74) is 1.03. The molecule has 0 bridgehead atoms. The molecule has 0 saturated carbocycles. The molecule has 1 aliphatic rings. The van der Waals surface area contributed by atoms with E-state index >= 15 is 0 Å². The van der Waals surface area contributed by atoms with Gasteiger partial charge in [-0.2, -0.15) is 0 Å². The van der Waals surface area contributed by atoms with Gasteiger partial charge in [0.2, 0.25) is 0 Å². The minimum absolute atomic E-state index is 0.270. The van der Waals surface area contributed by atoms with Gasteiger partial charge in [0.25, 0.3) is 5.91 Å². The quantitative estimate of drug-likeness (QED) is 0.861. The van der Waals surface area contributed by atoms with Crippen LogP contribution in [-0.2, 0) is 4.79 Å². The highest BCUT2D eigenvalue weighted by Crippen LogP contribution is 2.29. The van der Waals surface area contributed by atoms with Gasteiger partial charge in [0.1, 0.15) is 5.82 Å². The number of hydrogen-bond acceptors (Lipinski definition) is 2. The Balaban J connectivity index is 2.54. The summed E-state index contributed by atoms with van der Waals surface area (Å²) in [7, 11) is 3.22. The first-order chi connectivity index (χ1) is 9.41. The molecule has 0 spiro atoms. The first-order valence-electron chi connectivity index (χ1n) is 6.16. The molecule has 1 atom stereocenters. The molecule has 0 aromatic heterocycles. The third kappa shape index (κ3) is 2.49. The number of rotatable bonds is 2. The van der Waals surface area contributed by atoms with Crippen LogP contribution in [0.2, 0.25) is 0 Å². The number of benzene rings is 1. The molecular formula is C14H16FN3O2. The van der Waals surface area contributed by atoms with Crippen LogP contribution in [0, 0.1) is 5.82 Å². The predicted molar refractivity (Wildman–Crippen MR) is 72.2 cm³/mol. The van der Waals surface area contributed by atoms with Crippen LogP contribution in [0.25, 0.3) is 0 Å². The summed E-state index contributed by atoms with van der Waals surface area (Å²) in [4.78, 5) is 25.3. The second kappa shape index (κ2) is 5.32. The van der Waals surface area contributed by atoms with Crippen molar-refractivity contribution in [3.05, 3.63) is 46.9 Å². The lowest BCUT2D eigenvalue weighted by Crippen LogP contribution is -2.47. The number of carbonyl (C=O) groups excluding carboxylic acids is 2. The van der Waals surface area contributed by atoms with Gasteiger partial charge in [0.05, 0.1) is 11.6 Å². The smallest absolute Gasteiger partial charge is 0.319 e. The van der Waals surface area contributed by atoms with Gasteiger partial charge in [-0.25, -0.2) is 9.18 Å². The van der Waals surface area contributed by atoms with Crippen molar-refractivity contribution in [2.75, 3.05) is 14.1 Å². The van der Waals surface area contributed by atoms with E-state index in [1.54, 1.807) is 39.2 Å². The van der Waals surface area contributed by atoms with Crippen LogP contribution in [0.3, 0.4) is 0 Å². The molecule has 2 rings (SSSR count). The van der Waals surface area contributed by atoms with Crippen LogP contribution in [0.1, 0.15) is 18.5 Å². The summed E-state index contributed by atoms with van der Waals surface area (Å²) < 4.78 is 13.9. The van der Waals surface area contributed by atoms with E-state index in [2.05, 4.69) is 10.6 Å². The van der Waals surface area contributed by atoms with Crippen molar-refractivity contribution in [1.29, 1.82) is 0 Å². The van der Waals surface area contributed by atoms with Crippen molar-refractivity contribution in [2.24, 2.45) is 0 Å². The molecule has 0 fully saturated rings. The fourth-order valence-corrected chi connectivity index (χ4v) is 2.16. The third-order valence-electron chi connectivity index (χ3n) is 3.12. The largest absolute Gasteiger partial charge is 0.345 e. The Kier molecular flexibility index (Phi) is 3.74. The van der Waals surface area contributed by atoms with Gasteiger partial charge in [-0.05, 0) is 13.0 Å². The Morgan fingerprint density at radius 1 is 1.30 bits per heavy atom. The number of carbonyl (C=O) groups is 2. The van der Waals surface area contributed by atoms with E-state index in [9.17, 15) is 14.0 Å². The molecule has 3 amide bonds. The number of urea groups is 1. The molecule has 0 saturated heterocycles. The number of halogens is 1. The number of amides is 3. The highest BCUT2D eigenvalue weighted by molar-refractivity contribution is 5.98. The van der Waals surface area contributed by atoms with Crippen LogP contribution in [0.5, 0.6) is 0 Å². The van der Waals surface area contributed by atoms with Crippen molar-refractivity contribution < 1.29 is 14.0 Å². The Labute approximate surface area is 116 Å². The minimum atomic E-state index is -0.792. The molecular weight excluding hydrogens is 261 g/mol. The van der Waals surface area contributed by atoms with Gasteiger partial charge < -0.3 is 15.5 Å². The predicted octanol–water partition coefficient (Wildman–Crippen LogP) is 1.54. The van der Waals surface area contributed by atoms with Crippen molar-refractivity contribution in [3.63, 3.8) is 0 Å². The lowest BCUT2D eigenvalue weighted by molar-refractivity contribution is -0.125. The first-order valence-corrected chi connectivity index (χ1v) is 6.16. The maximum Gasteiger partial charge on any atom is 0.319 e. The summed E-state index contributed by atoms with van der Waals surface area (Å²) in [6, 6.07) is 4.84. The zero-order valence-corrected chi connectivity index (χ0v) is 11.5. The molecule has 1 aromatic carbocycles. The van der Waals surface area contributed by atoms with Crippen LogP contribution < -0.4 is 10.6 Å². The van der Waals surface area contributed by atoms with Gasteiger partial charge in [0.15, 0.2) is 0 Å². The van der Waals surface area contributed by atoms with E-state index in [-0.39, 0.29) is 11.5 Å². The number of nitrogens with one attached hydrogen (secondary N) is 2. The number of likely N-dealkylation sites (N-methyl/N-ethyl adjacent to an activating group) is 1. The number of hydrogen-bond donors (Lipinski definition) is 2. The molecule has 1 aromatic rings. The van der Waals surface area contributed by atoms with E-state index < -0.39 is 17.9 Å². The Morgan fingerprint density at radius 3 is 2.55 bits per heavy atom. The number of nitrogens with zero attached hydrogens (tertiary/aromatic N) is 1. The summed E-state index contributed by atoms with van der Waals surface area (Å²) in [6.45, 7) is 1.63. The lowest BCUT2D eigenvalue weighted by atomic mass is 9.94. The van der Waals surface area contributed by atoms with E-state index in [1.165, 1.54) is 11.0 Å². The maximum absolute atomic E-state index is 13.9. The second-order valence-corrected chi connectivity index (χ2v) is 4.79. The summed E-state index contributed by atoms with van der Waals surface area (Å²) in [5, 5.41) is 5.14. The molecule has 0 radical (unpaired) electrons. The van der Waals surface area contributed by atoms with E-state index in [0.29, 0.717) is 11.3 Å². The van der Waals surface area contributed by atoms with Crippen LogP contribution in [0.15, 0.2) is 35.5 Å². The third-order valence-corrected chi connectivity index (χ3v) is 3.12. The average Bonchev–Trinajstić information content (AvgIpc) is 2.37. The first kappa shape index (κ1) is 14.0. The maximum atomic E-state index is 13.9. The minimum Gasteiger partial charge on any atom is -0.345 e. The summed E-state index contributed by atoms with van der Waals surface area (Å²) >= 11 is 0. The van der Waals surface area contributed by atoms with Gasteiger partial charge in [-0.1, -0.05) is 18.2 Å². The summed E-state index contributed by atoms with van der Waals surface area (Å²) in [6.07, 6.45) is 0. The monoisotopic (exact) mass is 277 g/mol. The van der Waals surface area contributed by atoms with E-state index in [1.807, 2.05) is 0 Å². The molecule has 2 N–H and O–H groups in total. The van der Waals surface area contributed by atoms with Crippen LogP contribution in [0.4, 0.5) is 9.18 Å². The zero-order valence-electron chi connectivity index (χ0n) is 11.5. The Hall–Kier alpha value is -2.37. The van der Waals surface area contributed by atoms with Gasteiger partial charge in [0, 0.05) is 25.4 Å². The van der Waals surface area contributed by atoms with Crippen LogP contribution in [-0.4, -0.2) is 30.9 Å². The average molecular weight is 277 g/mol. The summed E-state index contributed by atoms with van der Waals surface area (Å²) in [5.74, 6) is -0.736. The highest BCUT2D eigenvalue weighted by Gasteiger charge is 2.33. The van der Waals surface area contributed by atoms with Crippen molar-refractivity contribution in [3.8, 4) is 0 Å². The van der Waals surface area contributed by atoms with E-state index in [4.69, 9.17) is 0 Å². The Morgan fingerprint density at radius 2 is 1.95 bits per heavy atom. The van der Waals surface area contributed by atoms with Crippen LogP contribution >= 0.6 is 0 Å². The number of allylic oxidation sites excluding steroid dienone is 1. The molecule has 0 aliphatic carbocycles. The Bertz CT molecular complexity index is 596. The SMILES string of the molecule is CC1=C(C(=O)N(C)C)[C@H](c2ccccc2F)NC(=O)N1. The molecule has 5 nitrogen and oxygen atoms in total. The zero-order chi connectivity index (χ0) is 14.9. The van der Waals surface area contributed by atoms with Gasteiger partial charge in [-0.15, -0.1) is 0 Å². The molecule has 1 aliphatic heterocycles. The molecule has 106 valence electrons. The fourth-order valence-electron chi connectivity index (χ4n) is 2.16. The fraction of sp³-hybridized carbons (Fsp3) is 0.286. The lowest BCUT2D eigenvalue weighted by Gasteiger charge is -2.30. The molecule has 6 heteroatoms. The van der Waals surface area contributed by atoms with Crippen molar-refractivity contribution in [2.45, 2.75) is 13.0 Å².